The molecule has 0 saturated carbocycles. The maximum absolute atomic E-state index is 13.8. The maximum Gasteiger partial charge on any atom is 0.167 e. The smallest absolute Gasteiger partial charge is 0.167 e. The second kappa shape index (κ2) is 5.25. The lowest BCUT2D eigenvalue weighted by Crippen LogP contribution is -2.06. The van der Waals surface area contributed by atoms with Crippen molar-refractivity contribution in [3.63, 3.8) is 0 Å². The molecule has 0 aliphatic carbocycles. The average Bonchev–Trinajstić information content (AvgIpc) is 2.91. The van der Waals surface area contributed by atoms with Gasteiger partial charge in [0, 0.05) is 24.2 Å². The Morgan fingerprint density at radius 3 is 3.00 bits per heavy atom. The Morgan fingerprint density at radius 1 is 1.30 bits per heavy atom. The zero-order valence-electron chi connectivity index (χ0n) is 10.7. The molecule has 2 aromatic rings. The fourth-order valence-corrected chi connectivity index (χ4v) is 2.62. The summed E-state index contributed by atoms with van der Waals surface area (Å²) in [4.78, 5) is 12.2. The van der Waals surface area contributed by atoms with Crippen molar-refractivity contribution in [2.24, 2.45) is 0 Å². The highest BCUT2D eigenvalue weighted by Gasteiger charge is 2.15. The van der Waals surface area contributed by atoms with Crippen molar-refractivity contribution < 1.29 is 9.18 Å². The van der Waals surface area contributed by atoms with E-state index in [2.05, 4.69) is 5.32 Å². The van der Waals surface area contributed by atoms with Crippen molar-refractivity contribution in [3.8, 4) is 0 Å². The lowest BCUT2D eigenvalue weighted by Gasteiger charge is -2.06. The van der Waals surface area contributed by atoms with Crippen LogP contribution >= 0.6 is 11.6 Å². The highest BCUT2D eigenvalue weighted by atomic mass is 35.5. The van der Waals surface area contributed by atoms with Gasteiger partial charge in [-0.15, -0.1) is 0 Å². The Labute approximate surface area is 121 Å². The van der Waals surface area contributed by atoms with Crippen molar-refractivity contribution in [3.05, 3.63) is 63.9 Å². The fourth-order valence-electron chi connectivity index (χ4n) is 2.42. The molecule has 0 unspecified atom stereocenters. The van der Waals surface area contributed by atoms with Crippen LogP contribution < -0.4 is 5.32 Å². The molecule has 102 valence electrons. The van der Waals surface area contributed by atoms with Gasteiger partial charge in [0.15, 0.2) is 5.78 Å². The lowest BCUT2D eigenvalue weighted by molar-refractivity contribution is 0.0992. The molecule has 0 fully saturated rings. The van der Waals surface area contributed by atoms with Crippen molar-refractivity contribution in [1.29, 1.82) is 0 Å². The quantitative estimate of drug-likeness (QED) is 0.869. The van der Waals surface area contributed by atoms with E-state index in [4.69, 9.17) is 11.6 Å². The average molecular weight is 290 g/mol. The van der Waals surface area contributed by atoms with Crippen LogP contribution in [0.25, 0.3) is 0 Å². The number of ketones is 1. The van der Waals surface area contributed by atoms with Crippen molar-refractivity contribution in [2.75, 3.05) is 11.9 Å². The summed E-state index contributed by atoms with van der Waals surface area (Å²) in [6.07, 6.45) is 0.998. The van der Waals surface area contributed by atoms with E-state index in [1.807, 2.05) is 12.1 Å². The highest BCUT2D eigenvalue weighted by molar-refractivity contribution is 6.30. The van der Waals surface area contributed by atoms with E-state index < -0.39 is 5.82 Å². The minimum absolute atomic E-state index is 0.0190. The van der Waals surface area contributed by atoms with Crippen LogP contribution in [-0.2, 0) is 12.8 Å². The van der Waals surface area contributed by atoms with Gasteiger partial charge in [-0.05, 0) is 29.7 Å². The molecule has 2 nitrogen and oxygen atoms in total. The maximum atomic E-state index is 13.8. The minimum Gasteiger partial charge on any atom is -0.384 e. The van der Waals surface area contributed by atoms with Crippen LogP contribution in [0.5, 0.6) is 0 Å². The molecule has 3 rings (SSSR count). The van der Waals surface area contributed by atoms with E-state index in [9.17, 15) is 9.18 Å². The van der Waals surface area contributed by atoms with Crippen molar-refractivity contribution >= 4 is 23.1 Å². The number of carbonyl (C=O) groups is 1. The molecule has 20 heavy (non-hydrogen) atoms. The van der Waals surface area contributed by atoms with E-state index in [1.165, 1.54) is 11.6 Å². The predicted octanol–water partition coefficient (Wildman–Crippen LogP) is 3.87. The molecule has 4 heteroatoms. The second-order valence-electron chi connectivity index (χ2n) is 4.86. The highest BCUT2D eigenvalue weighted by Crippen LogP contribution is 2.25. The number of rotatable bonds is 3. The number of hydrogen-bond donors (Lipinski definition) is 1. The molecular weight excluding hydrogens is 277 g/mol. The zero-order chi connectivity index (χ0) is 14.1. The molecule has 0 amide bonds. The van der Waals surface area contributed by atoms with Crippen LogP contribution in [0, 0.1) is 5.82 Å². The second-order valence-corrected chi connectivity index (χ2v) is 5.27. The first-order valence-corrected chi connectivity index (χ1v) is 6.86. The Kier molecular flexibility index (Phi) is 3.45. The van der Waals surface area contributed by atoms with Crippen LogP contribution in [0.1, 0.15) is 21.5 Å². The molecule has 0 spiro atoms. The van der Waals surface area contributed by atoms with E-state index in [-0.39, 0.29) is 17.2 Å². The van der Waals surface area contributed by atoms with Gasteiger partial charge in [-0.3, -0.25) is 4.79 Å². The number of benzene rings is 2. The van der Waals surface area contributed by atoms with Gasteiger partial charge in [0.05, 0.1) is 5.02 Å². The summed E-state index contributed by atoms with van der Waals surface area (Å²) in [7, 11) is 0. The van der Waals surface area contributed by atoms with E-state index in [0.29, 0.717) is 11.1 Å². The standard InChI is InChI=1S/C16H13ClFNO/c17-13-3-1-2-12(16(13)18)9-15(20)11-5-4-10-6-7-19-14(10)8-11/h1-5,8,19H,6-7,9H2. The van der Waals surface area contributed by atoms with Crippen LogP contribution in [0.15, 0.2) is 36.4 Å². The summed E-state index contributed by atoms with van der Waals surface area (Å²) in [6, 6.07) is 10.3. The monoisotopic (exact) mass is 289 g/mol. The number of hydrogen-bond acceptors (Lipinski definition) is 2. The van der Waals surface area contributed by atoms with Crippen LogP contribution in [0.2, 0.25) is 5.02 Å². The molecular formula is C16H13ClFNO. The van der Waals surface area contributed by atoms with Gasteiger partial charge in [0.2, 0.25) is 0 Å². The Balaban J connectivity index is 1.84. The topological polar surface area (TPSA) is 29.1 Å². The first-order chi connectivity index (χ1) is 9.65. The zero-order valence-corrected chi connectivity index (χ0v) is 11.5. The van der Waals surface area contributed by atoms with Crippen molar-refractivity contribution in [1.82, 2.24) is 0 Å². The number of fused-ring (bicyclic) bond motifs is 1. The molecule has 2 aromatic carbocycles. The van der Waals surface area contributed by atoms with Crippen LogP contribution in [0.3, 0.4) is 0 Å². The number of carbonyl (C=O) groups excluding carboxylic acids is 1. The normalized spacial score (nSPS) is 12.9. The summed E-state index contributed by atoms with van der Waals surface area (Å²) in [6.45, 7) is 0.899. The first kappa shape index (κ1) is 13.1. The Bertz CT molecular complexity index is 684. The van der Waals surface area contributed by atoms with Crippen LogP contribution in [-0.4, -0.2) is 12.3 Å². The first-order valence-electron chi connectivity index (χ1n) is 6.48. The summed E-state index contributed by atoms with van der Waals surface area (Å²) in [5.74, 6) is -0.621. The SMILES string of the molecule is O=C(Cc1cccc(Cl)c1F)c1ccc2c(c1)NCC2. The molecule has 1 aliphatic rings. The van der Waals surface area contributed by atoms with Gasteiger partial charge in [-0.25, -0.2) is 4.39 Å². The number of nitrogens with one attached hydrogen (secondary N) is 1. The summed E-state index contributed by atoms with van der Waals surface area (Å²) in [5.41, 5.74) is 3.14. The summed E-state index contributed by atoms with van der Waals surface area (Å²) in [5, 5.41) is 3.28. The van der Waals surface area contributed by atoms with Gasteiger partial charge >= 0.3 is 0 Å². The van der Waals surface area contributed by atoms with Gasteiger partial charge in [0.25, 0.3) is 0 Å². The molecule has 0 bridgehead atoms. The third-order valence-corrected chi connectivity index (χ3v) is 3.82. The van der Waals surface area contributed by atoms with E-state index >= 15 is 0 Å². The van der Waals surface area contributed by atoms with E-state index in [1.54, 1.807) is 18.2 Å². The van der Waals surface area contributed by atoms with Crippen LogP contribution in [0.4, 0.5) is 10.1 Å². The minimum atomic E-state index is -0.512. The van der Waals surface area contributed by atoms with Crippen molar-refractivity contribution in [2.45, 2.75) is 12.8 Å². The third-order valence-electron chi connectivity index (χ3n) is 3.52. The number of anilines is 1. The molecule has 0 atom stereocenters. The molecule has 1 heterocycles. The number of halogens is 2. The Morgan fingerprint density at radius 2 is 2.15 bits per heavy atom. The molecule has 1 N–H and O–H groups in total. The third kappa shape index (κ3) is 2.41. The van der Waals surface area contributed by atoms with Gasteiger partial charge in [-0.1, -0.05) is 35.9 Å². The molecule has 0 radical (unpaired) electrons. The summed E-state index contributed by atoms with van der Waals surface area (Å²) < 4.78 is 13.8. The van der Waals surface area contributed by atoms with Gasteiger partial charge < -0.3 is 5.32 Å². The molecule has 1 aliphatic heterocycles. The number of Topliss-reactive ketones (excluding diaryl/α,β-unsaturated/α-hetero) is 1. The lowest BCUT2D eigenvalue weighted by atomic mass is 10.0. The largest absolute Gasteiger partial charge is 0.384 e. The van der Waals surface area contributed by atoms with Gasteiger partial charge in [0.1, 0.15) is 5.82 Å². The fraction of sp³-hybridized carbons (Fsp3) is 0.188. The Hall–Kier alpha value is -1.87. The van der Waals surface area contributed by atoms with Gasteiger partial charge in [-0.2, -0.15) is 0 Å². The summed E-state index contributed by atoms with van der Waals surface area (Å²) >= 11 is 5.72. The molecule has 0 saturated heterocycles. The predicted molar refractivity (Wildman–Crippen MR) is 78.1 cm³/mol. The van der Waals surface area contributed by atoms with E-state index in [0.717, 1.165) is 18.7 Å². The molecule has 0 aromatic heterocycles.